The first-order chi connectivity index (χ1) is 8.08. The van der Waals surface area contributed by atoms with Crippen molar-refractivity contribution in [2.24, 2.45) is 0 Å². The van der Waals surface area contributed by atoms with Crippen molar-refractivity contribution in [3.05, 3.63) is 41.6 Å². The van der Waals surface area contributed by atoms with Crippen molar-refractivity contribution in [2.45, 2.75) is 20.4 Å². The molecule has 0 spiro atoms. The molecule has 0 radical (unpaired) electrons. The summed E-state index contributed by atoms with van der Waals surface area (Å²) < 4.78 is 0. The molecule has 3 nitrogen and oxygen atoms in total. The zero-order valence-corrected chi connectivity index (χ0v) is 10.4. The molecule has 17 heavy (non-hydrogen) atoms. The van der Waals surface area contributed by atoms with Crippen LogP contribution in [0.3, 0.4) is 0 Å². The third-order valence-corrected chi connectivity index (χ3v) is 2.91. The molecule has 1 aromatic carbocycles. The minimum absolute atomic E-state index is 0.0533. The number of carbonyl (C=O) groups excluding carboxylic acids is 1. The molecule has 1 amide bonds. The van der Waals surface area contributed by atoms with Gasteiger partial charge in [-0.3, -0.25) is 9.78 Å². The predicted molar refractivity (Wildman–Crippen MR) is 68.6 cm³/mol. The molecule has 2 rings (SSSR count). The number of carbonyl (C=O) groups is 1. The van der Waals surface area contributed by atoms with Gasteiger partial charge in [0.15, 0.2) is 0 Å². The van der Waals surface area contributed by atoms with E-state index in [4.69, 9.17) is 0 Å². The van der Waals surface area contributed by atoms with Crippen LogP contribution in [0, 0.1) is 6.92 Å². The summed E-state index contributed by atoms with van der Waals surface area (Å²) in [6.45, 7) is 4.19. The Labute approximate surface area is 101 Å². The number of para-hydroxylation sites is 1. The number of aromatic nitrogens is 1. The summed E-state index contributed by atoms with van der Waals surface area (Å²) in [4.78, 5) is 17.4. The maximum Gasteiger partial charge on any atom is 0.219 e. The van der Waals surface area contributed by atoms with Crippen LogP contribution in [0.2, 0.25) is 0 Å². The van der Waals surface area contributed by atoms with Crippen molar-refractivity contribution in [2.75, 3.05) is 7.05 Å². The Bertz CT molecular complexity index is 563. The third kappa shape index (κ3) is 2.44. The van der Waals surface area contributed by atoms with Gasteiger partial charge in [0, 0.05) is 19.4 Å². The molecule has 1 aromatic heterocycles. The molecule has 0 saturated carbocycles. The van der Waals surface area contributed by atoms with Crippen LogP contribution in [-0.4, -0.2) is 22.8 Å². The summed E-state index contributed by atoms with van der Waals surface area (Å²) in [5.41, 5.74) is 3.11. The number of aryl methyl sites for hydroxylation is 1. The number of rotatable bonds is 2. The zero-order valence-electron chi connectivity index (χ0n) is 10.4. The molecule has 0 N–H and O–H groups in total. The molecular weight excluding hydrogens is 212 g/mol. The second-order valence-corrected chi connectivity index (χ2v) is 4.32. The van der Waals surface area contributed by atoms with E-state index in [9.17, 15) is 4.79 Å². The SMILES string of the molecule is CC(=O)N(C)Cc1cc(C)c2ccccc2n1. The van der Waals surface area contributed by atoms with Gasteiger partial charge in [0.2, 0.25) is 5.91 Å². The second kappa shape index (κ2) is 4.53. The summed E-state index contributed by atoms with van der Waals surface area (Å²) in [7, 11) is 1.79. The molecule has 0 aliphatic heterocycles. The third-order valence-electron chi connectivity index (χ3n) is 2.91. The van der Waals surface area contributed by atoms with Gasteiger partial charge in [0.1, 0.15) is 0 Å². The van der Waals surface area contributed by atoms with Crippen molar-refractivity contribution in [1.82, 2.24) is 9.88 Å². The van der Waals surface area contributed by atoms with Crippen LogP contribution >= 0.6 is 0 Å². The van der Waals surface area contributed by atoms with Gasteiger partial charge in [-0.15, -0.1) is 0 Å². The van der Waals surface area contributed by atoms with E-state index in [-0.39, 0.29) is 5.91 Å². The average molecular weight is 228 g/mol. The highest BCUT2D eigenvalue weighted by Crippen LogP contribution is 2.17. The van der Waals surface area contributed by atoms with Gasteiger partial charge in [-0.05, 0) is 24.6 Å². The molecule has 0 bridgehead atoms. The molecule has 0 aliphatic rings. The van der Waals surface area contributed by atoms with Crippen molar-refractivity contribution >= 4 is 16.8 Å². The van der Waals surface area contributed by atoms with Crippen LogP contribution in [0.4, 0.5) is 0 Å². The van der Waals surface area contributed by atoms with Crippen LogP contribution in [0.5, 0.6) is 0 Å². The monoisotopic (exact) mass is 228 g/mol. The summed E-state index contributed by atoms with van der Waals surface area (Å²) in [5.74, 6) is 0.0533. The summed E-state index contributed by atoms with van der Waals surface area (Å²) in [6.07, 6.45) is 0. The Balaban J connectivity index is 2.40. The molecule has 0 atom stereocenters. The molecular formula is C14H16N2O. The van der Waals surface area contributed by atoms with Gasteiger partial charge in [-0.2, -0.15) is 0 Å². The number of hydrogen-bond acceptors (Lipinski definition) is 2. The lowest BCUT2D eigenvalue weighted by Gasteiger charge is -2.15. The number of amides is 1. The van der Waals surface area contributed by atoms with Gasteiger partial charge in [0.05, 0.1) is 17.8 Å². The highest BCUT2D eigenvalue weighted by atomic mass is 16.2. The molecule has 3 heteroatoms. The number of hydrogen-bond donors (Lipinski definition) is 0. The standard InChI is InChI=1S/C14H16N2O/c1-10-8-12(9-16(3)11(2)17)15-14-7-5-4-6-13(10)14/h4-8H,9H2,1-3H3. The van der Waals surface area contributed by atoms with Crippen LogP contribution in [0.1, 0.15) is 18.2 Å². The molecule has 0 aliphatic carbocycles. The molecule has 0 unspecified atom stereocenters. The van der Waals surface area contributed by atoms with E-state index >= 15 is 0 Å². The number of fused-ring (bicyclic) bond motifs is 1. The summed E-state index contributed by atoms with van der Waals surface area (Å²) in [6, 6.07) is 10.1. The smallest absolute Gasteiger partial charge is 0.219 e. The van der Waals surface area contributed by atoms with Crippen molar-refractivity contribution in [1.29, 1.82) is 0 Å². The van der Waals surface area contributed by atoms with Crippen molar-refractivity contribution in [3.63, 3.8) is 0 Å². The zero-order chi connectivity index (χ0) is 12.4. The van der Waals surface area contributed by atoms with Gasteiger partial charge in [-0.1, -0.05) is 18.2 Å². The molecule has 0 fully saturated rings. The largest absolute Gasteiger partial charge is 0.340 e. The van der Waals surface area contributed by atoms with Crippen LogP contribution < -0.4 is 0 Å². The summed E-state index contributed by atoms with van der Waals surface area (Å²) >= 11 is 0. The van der Waals surface area contributed by atoms with Gasteiger partial charge < -0.3 is 4.90 Å². The number of nitrogens with zero attached hydrogens (tertiary/aromatic N) is 2. The lowest BCUT2D eigenvalue weighted by Crippen LogP contribution is -2.23. The first kappa shape index (κ1) is 11.6. The molecule has 88 valence electrons. The van der Waals surface area contributed by atoms with Crippen LogP contribution in [0.15, 0.2) is 30.3 Å². The lowest BCUT2D eigenvalue weighted by atomic mass is 10.1. The van der Waals surface area contributed by atoms with E-state index in [0.29, 0.717) is 6.54 Å². The van der Waals surface area contributed by atoms with Gasteiger partial charge >= 0.3 is 0 Å². The van der Waals surface area contributed by atoms with Gasteiger partial charge in [0.25, 0.3) is 0 Å². The van der Waals surface area contributed by atoms with Crippen molar-refractivity contribution < 1.29 is 4.79 Å². The predicted octanol–water partition coefficient (Wildman–Crippen LogP) is 2.52. The fourth-order valence-corrected chi connectivity index (χ4v) is 1.85. The van der Waals surface area contributed by atoms with E-state index in [0.717, 1.165) is 11.2 Å². The van der Waals surface area contributed by atoms with Crippen LogP contribution in [0.25, 0.3) is 10.9 Å². The minimum atomic E-state index is 0.0533. The maximum absolute atomic E-state index is 11.2. The van der Waals surface area contributed by atoms with E-state index in [1.54, 1.807) is 18.9 Å². The Kier molecular flexibility index (Phi) is 3.09. The average Bonchev–Trinajstić information content (AvgIpc) is 2.29. The van der Waals surface area contributed by atoms with Gasteiger partial charge in [-0.25, -0.2) is 0 Å². The Hall–Kier alpha value is -1.90. The molecule has 1 heterocycles. The van der Waals surface area contributed by atoms with E-state index in [1.165, 1.54) is 10.9 Å². The minimum Gasteiger partial charge on any atom is -0.340 e. The number of benzene rings is 1. The van der Waals surface area contributed by atoms with Crippen molar-refractivity contribution in [3.8, 4) is 0 Å². The molecule has 0 saturated heterocycles. The maximum atomic E-state index is 11.2. The normalized spacial score (nSPS) is 10.5. The Morgan fingerprint density at radius 3 is 2.76 bits per heavy atom. The van der Waals surface area contributed by atoms with E-state index < -0.39 is 0 Å². The highest BCUT2D eigenvalue weighted by Gasteiger charge is 2.06. The topological polar surface area (TPSA) is 33.2 Å². The van der Waals surface area contributed by atoms with E-state index in [2.05, 4.69) is 18.0 Å². The Morgan fingerprint density at radius 1 is 1.35 bits per heavy atom. The van der Waals surface area contributed by atoms with Crippen LogP contribution in [-0.2, 0) is 11.3 Å². The molecule has 2 aromatic rings. The van der Waals surface area contributed by atoms with E-state index in [1.807, 2.05) is 24.3 Å². The fraction of sp³-hybridized carbons (Fsp3) is 0.286. The fourth-order valence-electron chi connectivity index (χ4n) is 1.85. The second-order valence-electron chi connectivity index (χ2n) is 4.32. The number of pyridine rings is 1. The highest BCUT2D eigenvalue weighted by molar-refractivity contribution is 5.82. The summed E-state index contributed by atoms with van der Waals surface area (Å²) in [5, 5.41) is 1.17. The quantitative estimate of drug-likeness (QED) is 0.791. The first-order valence-corrected chi connectivity index (χ1v) is 5.65. The lowest BCUT2D eigenvalue weighted by molar-refractivity contribution is -0.128. The Morgan fingerprint density at radius 2 is 2.06 bits per heavy atom. The first-order valence-electron chi connectivity index (χ1n) is 5.65.